The highest BCUT2D eigenvalue weighted by molar-refractivity contribution is 5.76. The molecule has 0 fully saturated rings. The first-order chi connectivity index (χ1) is 9.43. The molecule has 0 bridgehead atoms. The quantitative estimate of drug-likeness (QED) is 0.890. The zero-order valence-electron chi connectivity index (χ0n) is 11.4. The summed E-state index contributed by atoms with van der Waals surface area (Å²) in [6.45, 7) is 4.89. The maximum Gasteiger partial charge on any atom is 0.352 e. The Kier molecular flexibility index (Phi) is 3.60. The lowest BCUT2D eigenvalue weighted by atomic mass is 9.98. The standard InChI is InChI=1S/C13H14N4O3/c1-7(12(18)19)11-8(2)16-13(20)17(9(11)3)10-4-14-6-15-5-10/h4-7H,1-3H3,(H,18,19). The molecule has 0 spiro atoms. The largest absolute Gasteiger partial charge is 0.481 e. The van der Waals surface area contributed by atoms with Crippen LogP contribution in [0.15, 0.2) is 23.5 Å². The Balaban J connectivity index is 2.75. The van der Waals surface area contributed by atoms with E-state index >= 15 is 0 Å². The summed E-state index contributed by atoms with van der Waals surface area (Å²) in [6, 6.07) is 0. The van der Waals surface area contributed by atoms with E-state index in [1.165, 1.54) is 23.3 Å². The summed E-state index contributed by atoms with van der Waals surface area (Å²) in [4.78, 5) is 34.9. The maximum absolute atomic E-state index is 12.1. The first-order valence-electron chi connectivity index (χ1n) is 6.01. The van der Waals surface area contributed by atoms with Gasteiger partial charge in [0.15, 0.2) is 0 Å². The predicted octanol–water partition coefficient (Wildman–Crippen LogP) is 0.827. The summed E-state index contributed by atoms with van der Waals surface area (Å²) in [5, 5.41) is 9.18. The van der Waals surface area contributed by atoms with Crippen LogP contribution in [0.3, 0.4) is 0 Å². The van der Waals surface area contributed by atoms with E-state index in [2.05, 4.69) is 15.0 Å². The Morgan fingerprint density at radius 1 is 1.30 bits per heavy atom. The molecule has 7 nitrogen and oxygen atoms in total. The molecule has 2 aromatic heterocycles. The molecular formula is C13H14N4O3. The molecular weight excluding hydrogens is 260 g/mol. The van der Waals surface area contributed by atoms with Gasteiger partial charge in [0.25, 0.3) is 0 Å². The van der Waals surface area contributed by atoms with Gasteiger partial charge in [0.1, 0.15) is 6.33 Å². The van der Waals surface area contributed by atoms with Crippen LogP contribution in [-0.2, 0) is 4.79 Å². The van der Waals surface area contributed by atoms with Crippen LogP contribution >= 0.6 is 0 Å². The molecule has 2 heterocycles. The van der Waals surface area contributed by atoms with Crippen LogP contribution in [0.2, 0.25) is 0 Å². The molecule has 1 atom stereocenters. The lowest BCUT2D eigenvalue weighted by molar-refractivity contribution is -0.138. The van der Waals surface area contributed by atoms with Crippen molar-refractivity contribution >= 4 is 5.97 Å². The van der Waals surface area contributed by atoms with Crippen LogP contribution in [-0.4, -0.2) is 30.6 Å². The first kappa shape index (κ1) is 13.9. The third kappa shape index (κ3) is 2.29. The fourth-order valence-corrected chi connectivity index (χ4v) is 2.24. The lowest BCUT2D eigenvalue weighted by Crippen LogP contribution is -2.28. The minimum Gasteiger partial charge on any atom is -0.481 e. The molecule has 0 radical (unpaired) electrons. The van der Waals surface area contributed by atoms with E-state index in [1.807, 2.05) is 0 Å². The minimum atomic E-state index is -0.965. The van der Waals surface area contributed by atoms with E-state index in [9.17, 15) is 14.7 Å². The Morgan fingerprint density at radius 3 is 2.45 bits per heavy atom. The van der Waals surface area contributed by atoms with Gasteiger partial charge in [0.05, 0.1) is 24.0 Å². The third-order valence-electron chi connectivity index (χ3n) is 3.18. The van der Waals surface area contributed by atoms with Gasteiger partial charge >= 0.3 is 11.7 Å². The minimum absolute atomic E-state index is 0.426. The van der Waals surface area contributed by atoms with Gasteiger partial charge in [-0.2, -0.15) is 4.98 Å². The number of hydrogen-bond donors (Lipinski definition) is 1. The number of carbonyl (C=O) groups is 1. The lowest BCUT2D eigenvalue weighted by Gasteiger charge is -2.17. The van der Waals surface area contributed by atoms with Crippen molar-refractivity contribution in [1.29, 1.82) is 0 Å². The van der Waals surface area contributed by atoms with Crippen molar-refractivity contribution in [2.75, 3.05) is 0 Å². The van der Waals surface area contributed by atoms with Gasteiger partial charge in [-0.05, 0) is 20.8 Å². The second-order valence-electron chi connectivity index (χ2n) is 4.47. The average molecular weight is 274 g/mol. The summed E-state index contributed by atoms with van der Waals surface area (Å²) in [5.74, 6) is -1.72. The van der Waals surface area contributed by atoms with Crippen LogP contribution in [0.4, 0.5) is 0 Å². The molecule has 0 aliphatic carbocycles. The Bertz CT molecular complexity index is 710. The van der Waals surface area contributed by atoms with Gasteiger partial charge in [-0.15, -0.1) is 0 Å². The zero-order chi connectivity index (χ0) is 14.9. The third-order valence-corrected chi connectivity index (χ3v) is 3.18. The summed E-state index contributed by atoms with van der Waals surface area (Å²) in [7, 11) is 0. The van der Waals surface area contributed by atoms with E-state index in [4.69, 9.17) is 0 Å². The highest BCUT2D eigenvalue weighted by atomic mass is 16.4. The first-order valence-corrected chi connectivity index (χ1v) is 6.01. The predicted molar refractivity (Wildman–Crippen MR) is 70.9 cm³/mol. The van der Waals surface area contributed by atoms with Crippen LogP contribution in [0, 0.1) is 13.8 Å². The molecule has 0 saturated heterocycles. The van der Waals surface area contributed by atoms with Crippen LogP contribution in [0.5, 0.6) is 0 Å². The van der Waals surface area contributed by atoms with Crippen molar-refractivity contribution < 1.29 is 9.90 Å². The number of aromatic nitrogens is 4. The van der Waals surface area contributed by atoms with Gasteiger partial charge in [-0.25, -0.2) is 14.8 Å². The molecule has 0 aliphatic heterocycles. The Hall–Kier alpha value is -2.57. The number of aryl methyl sites for hydroxylation is 1. The Morgan fingerprint density at radius 2 is 1.90 bits per heavy atom. The highest BCUT2D eigenvalue weighted by Gasteiger charge is 2.22. The van der Waals surface area contributed by atoms with Gasteiger partial charge in [-0.3, -0.25) is 9.36 Å². The van der Waals surface area contributed by atoms with Crippen molar-refractivity contribution in [3.05, 3.63) is 46.2 Å². The molecule has 7 heteroatoms. The van der Waals surface area contributed by atoms with Crippen molar-refractivity contribution in [3.63, 3.8) is 0 Å². The molecule has 0 amide bonds. The maximum atomic E-state index is 12.1. The zero-order valence-corrected chi connectivity index (χ0v) is 11.4. The van der Waals surface area contributed by atoms with Crippen LogP contribution in [0.25, 0.3) is 5.69 Å². The van der Waals surface area contributed by atoms with E-state index in [0.29, 0.717) is 22.6 Å². The fourth-order valence-electron chi connectivity index (χ4n) is 2.24. The Labute approximate surface area is 115 Å². The van der Waals surface area contributed by atoms with Crippen molar-refractivity contribution in [3.8, 4) is 5.69 Å². The number of hydrogen-bond acceptors (Lipinski definition) is 5. The molecule has 0 aliphatic rings. The number of rotatable bonds is 3. The van der Waals surface area contributed by atoms with Gasteiger partial charge in [-0.1, -0.05) is 0 Å². The van der Waals surface area contributed by atoms with Crippen LogP contribution in [0.1, 0.15) is 29.8 Å². The van der Waals surface area contributed by atoms with Gasteiger partial charge in [0.2, 0.25) is 0 Å². The smallest absolute Gasteiger partial charge is 0.352 e. The number of aliphatic carboxylic acids is 1. The van der Waals surface area contributed by atoms with Crippen molar-refractivity contribution in [1.82, 2.24) is 19.5 Å². The topological polar surface area (TPSA) is 98.0 Å². The van der Waals surface area contributed by atoms with Crippen molar-refractivity contribution in [2.45, 2.75) is 26.7 Å². The number of nitrogens with zero attached hydrogens (tertiary/aromatic N) is 4. The monoisotopic (exact) mass is 274 g/mol. The molecule has 0 aromatic carbocycles. The summed E-state index contributed by atoms with van der Waals surface area (Å²) < 4.78 is 1.32. The van der Waals surface area contributed by atoms with Gasteiger partial charge in [0, 0.05) is 17.0 Å². The average Bonchev–Trinajstić information content (AvgIpc) is 2.39. The second kappa shape index (κ2) is 5.20. The molecule has 20 heavy (non-hydrogen) atoms. The summed E-state index contributed by atoms with van der Waals surface area (Å²) in [5.41, 5.74) is 1.47. The highest BCUT2D eigenvalue weighted by Crippen LogP contribution is 2.22. The molecule has 1 N–H and O–H groups in total. The normalized spacial score (nSPS) is 12.2. The molecule has 2 aromatic rings. The fraction of sp³-hybridized carbons (Fsp3) is 0.308. The SMILES string of the molecule is Cc1nc(=O)n(-c2cncnc2)c(C)c1C(C)C(=O)O. The van der Waals surface area contributed by atoms with E-state index in [1.54, 1.807) is 20.8 Å². The second-order valence-corrected chi connectivity index (χ2v) is 4.47. The molecule has 1 unspecified atom stereocenters. The number of carboxylic acid groups (broad SMARTS) is 1. The van der Waals surface area contributed by atoms with Gasteiger partial charge < -0.3 is 5.11 Å². The summed E-state index contributed by atoms with van der Waals surface area (Å²) >= 11 is 0. The molecule has 104 valence electrons. The molecule has 2 rings (SSSR count). The summed E-state index contributed by atoms with van der Waals surface area (Å²) in [6.07, 6.45) is 4.31. The van der Waals surface area contributed by atoms with E-state index < -0.39 is 17.6 Å². The number of carboxylic acids is 1. The molecule has 0 saturated carbocycles. The van der Waals surface area contributed by atoms with E-state index in [-0.39, 0.29) is 0 Å². The van der Waals surface area contributed by atoms with Crippen LogP contribution < -0.4 is 5.69 Å². The van der Waals surface area contributed by atoms with E-state index in [0.717, 1.165) is 0 Å². The van der Waals surface area contributed by atoms with Crippen molar-refractivity contribution in [2.24, 2.45) is 0 Å².